The first-order chi connectivity index (χ1) is 10.8. The van der Waals surface area contributed by atoms with E-state index in [4.69, 9.17) is 4.52 Å². The van der Waals surface area contributed by atoms with Crippen molar-refractivity contribution in [2.75, 3.05) is 0 Å². The Hall–Kier alpha value is -1.69. The topological polar surface area (TPSA) is 68.0 Å². The minimum absolute atomic E-state index is 0.110. The first-order valence-corrected chi connectivity index (χ1v) is 8.88. The molecule has 0 aliphatic heterocycles. The highest BCUT2D eigenvalue weighted by molar-refractivity contribution is 7.08. The van der Waals surface area contributed by atoms with Gasteiger partial charge in [-0.3, -0.25) is 4.79 Å². The molecule has 2 aromatic heterocycles. The Morgan fingerprint density at radius 3 is 2.77 bits per heavy atom. The van der Waals surface area contributed by atoms with E-state index in [2.05, 4.69) is 15.5 Å². The number of hydrogen-bond donors (Lipinski definition) is 1. The molecule has 6 heteroatoms. The summed E-state index contributed by atoms with van der Waals surface area (Å²) in [7, 11) is 0. The molecule has 0 unspecified atom stereocenters. The fourth-order valence-electron chi connectivity index (χ4n) is 2.88. The average Bonchev–Trinajstić information content (AvgIpc) is 3.43. The Labute approximate surface area is 133 Å². The zero-order valence-corrected chi connectivity index (χ0v) is 13.1. The van der Waals surface area contributed by atoms with Gasteiger partial charge >= 0.3 is 0 Å². The zero-order valence-electron chi connectivity index (χ0n) is 12.3. The lowest BCUT2D eigenvalue weighted by Crippen LogP contribution is -2.38. The number of nitrogens with zero attached hydrogens (tertiary/aromatic N) is 2. The number of aryl methyl sites for hydroxylation is 1. The second-order valence-electron chi connectivity index (χ2n) is 6.29. The number of nitrogens with one attached hydrogen (secondary N) is 1. The van der Waals surface area contributed by atoms with Gasteiger partial charge < -0.3 is 9.84 Å². The van der Waals surface area contributed by atoms with Crippen LogP contribution in [0.4, 0.5) is 0 Å². The van der Waals surface area contributed by atoms with E-state index in [1.807, 2.05) is 16.8 Å². The van der Waals surface area contributed by atoms with Crippen LogP contribution in [0.1, 0.15) is 38.0 Å². The van der Waals surface area contributed by atoms with Crippen LogP contribution in [0, 0.1) is 11.8 Å². The van der Waals surface area contributed by atoms with E-state index in [1.54, 1.807) is 11.3 Å². The maximum Gasteiger partial charge on any atom is 0.227 e. The standard InChI is InChI=1S/C16H19N3O2S/c20-13(17-15(10-1-2-10)11-3-4-11)5-6-14-18-16(19-21-14)12-7-8-22-9-12/h7-11,15H,1-6H2,(H,17,20). The van der Waals surface area contributed by atoms with E-state index in [-0.39, 0.29) is 5.91 Å². The van der Waals surface area contributed by atoms with Gasteiger partial charge in [0.25, 0.3) is 0 Å². The monoisotopic (exact) mass is 317 g/mol. The van der Waals surface area contributed by atoms with Crippen molar-refractivity contribution in [3.63, 3.8) is 0 Å². The van der Waals surface area contributed by atoms with Crippen LogP contribution in [-0.4, -0.2) is 22.1 Å². The van der Waals surface area contributed by atoms with Crippen molar-refractivity contribution in [2.24, 2.45) is 11.8 Å². The van der Waals surface area contributed by atoms with Gasteiger partial charge in [0.15, 0.2) is 0 Å². The number of amides is 1. The van der Waals surface area contributed by atoms with Crippen LogP contribution in [0.5, 0.6) is 0 Å². The van der Waals surface area contributed by atoms with Crippen LogP contribution < -0.4 is 5.32 Å². The maximum absolute atomic E-state index is 12.1. The van der Waals surface area contributed by atoms with Crippen LogP contribution >= 0.6 is 11.3 Å². The summed E-state index contributed by atoms with van der Waals surface area (Å²) in [6, 6.07) is 2.37. The molecule has 0 saturated heterocycles. The quantitative estimate of drug-likeness (QED) is 0.852. The predicted octanol–water partition coefficient (Wildman–Crippen LogP) is 3.04. The summed E-state index contributed by atoms with van der Waals surface area (Å²) in [4.78, 5) is 16.5. The maximum atomic E-state index is 12.1. The second-order valence-corrected chi connectivity index (χ2v) is 7.07. The molecule has 2 aromatic rings. The number of aromatic nitrogens is 2. The minimum Gasteiger partial charge on any atom is -0.353 e. The molecule has 22 heavy (non-hydrogen) atoms. The molecule has 0 spiro atoms. The number of hydrogen-bond acceptors (Lipinski definition) is 5. The summed E-state index contributed by atoms with van der Waals surface area (Å²) in [6.45, 7) is 0. The van der Waals surface area contributed by atoms with E-state index in [9.17, 15) is 4.79 Å². The van der Waals surface area contributed by atoms with E-state index in [0.29, 0.717) is 30.6 Å². The smallest absolute Gasteiger partial charge is 0.227 e. The van der Waals surface area contributed by atoms with Gasteiger partial charge in [0.1, 0.15) is 0 Å². The summed E-state index contributed by atoms with van der Waals surface area (Å²) in [6.07, 6.45) is 6.01. The first-order valence-electron chi connectivity index (χ1n) is 7.94. The van der Waals surface area contributed by atoms with E-state index in [1.165, 1.54) is 25.7 Å². The van der Waals surface area contributed by atoms with Gasteiger partial charge in [-0.15, -0.1) is 0 Å². The summed E-state index contributed by atoms with van der Waals surface area (Å²) in [5, 5.41) is 11.1. The lowest BCUT2D eigenvalue weighted by molar-refractivity contribution is -0.122. The summed E-state index contributed by atoms with van der Waals surface area (Å²) in [5.74, 6) is 2.70. The van der Waals surface area contributed by atoms with E-state index in [0.717, 1.165) is 17.4 Å². The molecule has 5 nitrogen and oxygen atoms in total. The van der Waals surface area contributed by atoms with Crippen molar-refractivity contribution < 1.29 is 9.32 Å². The Morgan fingerprint density at radius 2 is 2.14 bits per heavy atom. The van der Waals surface area contributed by atoms with Gasteiger partial charge in [-0.1, -0.05) is 5.16 Å². The number of thiophene rings is 1. The van der Waals surface area contributed by atoms with E-state index >= 15 is 0 Å². The number of carbonyl (C=O) groups excluding carboxylic acids is 1. The van der Waals surface area contributed by atoms with Crippen LogP contribution in [0.25, 0.3) is 11.4 Å². The van der Waals surface area contributed by atoms with Crippen molar-refractivity contribution in [2.45, 2.75) is 44.6 Å². The predicted molar refractivity (Wildman–Crippen MR) is 83.3 cm³/mol. The van der Waals surface area contributed by atoms with Crippen molar-refractivity contribution in [1.82, 2.24) is 15.5 Å². The zero-order chi connectivity index (χ0) is 14.9. The fraction of sp³-hybridized carbons (Fsp3) is 0.562. The van der Waals surface area contributed by atoms with Gasteiger partial charge in [0.2, 0.25) is 17.6 Å². The molecule has 0 bridgehead atoms. The summed E-state index contributed by atoms with van der Waals surface area (Å²) >= 11 is 1.60. The molecule has 2 heterocycles. The lowest BCUT2D eigenvalue weighted by Gasteiger charge is -2.17. The van der Waals surface area contributed by atoms with Gasteiger partial charge in [-0.2, -0.15) is 16.3 Å². The van der Waals surface area contributed by atoms with Gasteiger partial charge in [-0.25, -0.2) is 0 Å². The molecule has 1 N–H and O–H groups in total. The van der Waals surface area contributed by atoms with E-state index < -0.39 is 0 Å². The third-order valence-corrected chi connectivity index (χ3v) is 5.08. The van der Waals surface area contributed by atoms with Crippen LogP contribution in [0.3, 0.4) is 0 Å². The molecule has 116 valence electrons. The van der Waals surface area contributed by atoms with Crippen molar-refractivity contribution in [3.05, 3.63) is 22.7 Å². The van der Waals surface area contributed by atoms with Crippen LogP contribution in [0.15, 0.2) is 21.3 Å². The number of rotatable bonds is 7. The molecule has 0 radical (unpaired) electrons. The summed E-state index contributed by atoms with van der Waals surface area (Å²) in [5.41, 5.74) is 0.965. The van der Waals surface area contributed by atoms with Gasteiger partial charge in [0, 0.05) is 29.8 Å². The largest absolute Gasteiger partial charge is 0.353 e. The Bertz CT molecular complexity index is 632. The van der Waals surface area contributed by atoms with Crippen molar-refractivity contribution in [1.29, 1.82) is 0 Å². The Kier molecular flexibility index (Phi) is 3.70. The third kappa shape index (κ3) is 3.21. The molecular formula is C16H19N3O2S. The average molecular weight is 317 g/mol. The van der Waals surface area contributed by atoms with Crippen molar-refractivity contribution >= 4 is 17.2 Å². The molecular weight excluding hydrogens is 298 g/mol. The molecule has 2 saturated carbocycles. The van der Waals surface area contributed by atoms with Gasteiger partial charge in [-0.05, 0) is 49.0 Å². The lowest BCUT2D eigenvalue weighted by atomic mass is 10.1. The summed E-state index contributed by atoms with van der Waals surface area (Å²) < 4.78 is 5.23. The fourth-order valence-corrected chi connectivity index (χ4v) is 3.51. The normalized spacial score (nSPS) is 17.9. The second kappa shape index (κ2) is 5.83. The molecule has 4 rings (SSSR count). The molecule has 0 aromatic carbocycles. The van der Waals surface area contributed by atoms with Crippen molar-refractivity contribution in [3.8, 4) is 11.4 Å². The highest BCUT2D eigenvalue weighted by Crippen LogP contribution is 2.44. The minimum atomic E-state index is 0.110. The molecule has 2 aliphatic rings. The van der Waals surface area contributed by atoms with Crippen LogP contribution in [0.2, 0.25) is 0 Å². The molecule has 0 atom stereocenters. The molecule has 2 aliphatic carbocycles. The molecule has 2 fully saturated rings. The highest BCUT2D eigenvalue weighted by Gasteiger charge is 2.42. The van der Waals surface area contributed by atoms with Gasteiger partial charge in [0.05, 0.1) is 0 Å². The Morgan fingerprint density at radius 1 is 1.36 bits per heavy atom. The number of carbonyl (C=O) groups is 1. The highest BCUT2D eigenvalue weighted by atomic mass is 32.1. The Balaban J connectivity index is 1.29. The first kappa shape index (κ1) is 13.9. The SMILES string of the molecule is O=C(CCc1nc(-c2ccsc2)no1)NC(C1CC1)C1CC1. The van der Waals surface area contributed by atoms with Crippen LogP contribution in [-0.2, 0) is 11.2 Å². The molecule has 1 amide bonds. The third-order valence-electron chi connectivity index (χ3n) is 4.40.